The van der Waals surface area contributed by atoms with Crippen LogP contribution in [0.1, 0.15) is 17.0 Å². The van der Waals surface area contributed by atoms with Crippen LogP contribution in [0.25, 0.3) is 11.4 Å². The Morgan fingerprint density at radius 1 is 1.04 bits per heavy atom. The molecule has 25 heavy (non-hydrogen) atoms. The largest absolute Gasteiger partial charge is 0.263 e. The van der Waals surface area contributed by atoms with Gasteiger partial charge in [0, 0.05) is 18.5 Å². The van der Waals surface area contributed by atoms with E-state index in [1.807, 2.05) is 50.2 Å². The van der Waals surface area contributed by atoms with Crippen LogP contribution >= 0.6 is 0 Å². The molecule has 3 aromatic rings. The van der Waals surface area contributed by atoms with E-state index in [2.05, 4.69) is 19.9 Å². The zero-order valence-electron chi connectivity index (χ0n) is 14.2. The van der Waals surface area contributed by atoms with Crippen LogP contribution in [0.2, 0.25) is 0 Å². The van der Waals surface area contributed by atoms with Crippen molar-refractivity contribution in [2.45, 2.75) is 25.2 Å². The monoisotopic (exact) mass is 356 g/mol. The maximum Gasteiger partial charge on any atom is 0.240 e. The molecule has 3 rings (SSSR count). The zero-order valence-corrected chi connectivity index (χ0v) is 15.0. The smallest absolute Gasteiger partial charge is 0.240 e. The predicted octanol–water partition coefficient (Wildman–Crippen LogP) is 2.61. The van der Waals surface area contributed by atoms with Gasteiger partial charge in [-0.3, -0.25) is 5.10 Å². The fraction of sp³-hybridized carbons (Fsp3) is 0.222. The summed E-state index contributed by atoms with van der Waals surface area (Å²) in [5.74, 6) is 1.24. The van der Waals surface area contributed by atoms with Gasteiger partial charge in [-0.1, -0.05) is 36.4 Å². The van der Waals surface area contributed by atoms with Crippen LogP contribution in [0.15, 0.2) is 53.4 Å². The summed E-state index contributed by atoms with van der Waals surface area (Å²) in [5.41, 5.74) is 2.93. The Labute approximate surface area is 147 Å². The second kappa shape index (κ2) is 7.16. The molecule has 1 aromatic heterocycles. The Morgan fingerprint density at radius 2 is 1.80 bits per heavy atom. The molecule has 2 aromatic carbocycles. The number of sulfonamides is 1. The summed E-state index contributed by atoms with van der Waals surface area (Å²) in [5, 5.41) is 7.02. The molecule has 130 valence electrons. The summed E-state index contributed by atoms with van der Waals surface area (Å²) >= 11 is 0. The van der Waals surface area contributed by atoms with Crippen molar-refractivity contribution in [3.8, 4) is 11.4 Å². The molecule has 6 nitrogen and oxygen atoms in total. The summed E-state index contributed by atoms with van der Waals surface area (Å²) in [6.45, 7) is 4.10. The maximum atomic E-state index is 12.4. The maximum absolute atomic E-state index is 12.4. The molecule has 1 heterocycles. The van der Waals surface area contributed by atoms with Gasteiger partial charge in [-0.2, -0.15) is 5.10 Å². The third-order valence-electron chi connectivity index (χ3n) is 4.01. The van der Waals surface area contributed by atoms with Gasteiger partial charge >= 0.3 is 0 Å². The molecule has 0 aliphatic rings. The minimum absolute atomic E-state index is 0.249. The van der Waals surface area contributed by atoms with Crippen LogP contribution in [-0.4, -0.2) is 30.1 Å². The Kier molecular flexibility index (Phi) is 4.96. The highest BCUT2D eigenvalue weighted by Crippen LogP contribution is 2.15. The quantitative estimate of drug-likeness (QED) is 0.711. The molecular weight excluding hydrogens is 336 g/mol. The van der Waals surface area contributed by atoms with E-state index in [9.17, 15) is 8.42 Å². The van der Waals surface area contributed by atoms with Crippen LogP contribution in [0.5, 0.6) is 0 Å². The SMILES string of the molecule is Cc1ccc(S(=O)(=O)NCCc2nc(-c3ccccc3)n[nH]2)cc1C. The van der Waals surface area contributed by atoms with Crippen molar-refractivity contribution in [2.75, 3.05) is 6.54 Å². The van der Waals surface area contributed by atoms with E-state index < -0.39 is 10.0 Å². The fourth-order valence-electron chi connectivity index (χ4n) is 2.39. The molecular formula is C18H20N4O2S. The molecule has 0 radical (unpaired) electrons. The van der Waals surface area contributed by atoms with Crippen molar-refractivity contribution in [3.05, 3.63) is 65.5 Å². The molecule has 0 atom stereocenters. The summed E-state index contributed by atoms with van der Waals surface area (Å²) < 4.78 is 27.3. The molecule has 0 aliphatic heterocycles. The third-order valence-corrected chi connectivity index (χ3v) is 5.46. The highest BCUT2D eigenvalue weighted by molar-refractivity contribution is 7.89. The fourth-order valence-corrected chi connectivity index (χ4v) is 3.51. The Morgan fingerprint density at radius 3 is 2.52 bits per heavy atom. The molecule has 2 N–H and O–H groups in total. The van der Waals surface area contributed by atoms with Gasteiger partial charge < -0.3 is 0 Å². The summed E-state index contributed by atoms with van der Waals surface area (Å²) in [6, 6.07) is 14.7. The molecule has 0 saturated carbocycles. The molecule has 0 fully saturated rings. The van der Waals surface area contributed by atoms with Crippen molar-refractivity contribution >= 4 is 10.0 Å². The van der Waals surface area contributed by atoms with Gasteiger partial charge in [-0.15, -0.1) is 0 Å². The molecule has 0 aliphatic carbocycles. The minimum Gasteiger partial charge on any atom is -0.263 e. The third kappa shape index (κ3) is 4.12. The molecule has 0 saturated heterocycles. The Bertz CT molecular complexity index is 966. The average Bonchev–Trinajstić information content (AvgIpc) is 3.07. The number of hydrogen-bond acceptors (Lipinski definition) is 4. The number of aromatic amines is 1. The summed E-state index contributed by atoms with van der Waals surface area (Å²) in [4.78, 5) is 4.67. The van der Waals surface area contributed by atoms with E-state index in [4.69, 9.17) is 0 Å². The molecule has 0 spiro atoms. The van der Waals surface area contributed by atoms with Gasteiger partial charge in [0.25, 0.3) is 0 Å². The first-order chi connectivity index (χ1) is 12.0. The number of aryl methyl sites for hydroxylation is 2. The van der Waals surface area contributed by atoms with Crippen molar-refractivity contribution in [1.82, 2.24) is 19.9 Å². The lowest BCUT2D eigenvalue weighted by molar-refractivity contribution is 0.581. The van der Waals surface area contributed by atoms with Gasteiger partial charge in [-0.25, -0.2) is 18.1 Å². The topological polar surface area (TPSA) is 87.7 Å². The molecule has 0 unspecified atom stereocenters. The zero-order chi connectivity index (χ0) is 17.9. The van der Waals surface area contributed by atoms with Crippen LogP contribution < -0.4 is 4.72 Å². The standard InChI is InChI=1S/C18H20N4O2S/c1-13-8-9-16(12-14(13)2)25(23,24)19-11-10-17-20-18(22-21-17)15-6-4-3-5-7-15/h3-9,12,19H,10-11H2,1-2H3,(H,20,21,22). The summed E-state index contributed by atoms with van der Waals surface area (Å²) in [7, 11) is -3.53. The second-order valence-electron chi connectivity index (χ2n) is 5.87. The summed E-state index contributed by atoms with van der Waals surface area (Å²) in [6.07, 6.45) is 0.434. The van der Waals surface area contributed by atoms with E-state index in [1.54, 1.807) is 12.1 Å². The number of benzene rings is 2. The average molecular weight is 356 g/mol. The highest BCUT2D eigenvalue weighted by Gasteiger charge is 2.14. The minimum atomic E-state index is -3.53. The van der Waals surface area contributed by atoms with Crippen LogP contribution in [0.4, 0.5) is 0 Å². The van der Waals surface area contributed by atoms with Gasteiger partial charge in [-0.05, 0) is 37.1 Å². The number of hydrogen-bond donors (Lipinski definition) is 2. The lowest BCUT2D eigenvalue weighted by Gasteiger charge is -2.08. The van der Waals surface area contributed by atoms with Gasteiger partial charge in [0.05, 0.1) is 4.90 Å². The lowest BCUT2D eigenvalue weighted by atomic mass is 10.1. The van der Waals surface area contributed by atoms with Gasteiger partial charge in [0.1, 0.15) is 5.82 Å². The van der Waals surface area contributed by atoms with E-state index in [0.717, 1.165) is 16.7 Å². The number of H-pyrrole nitrogens is 1. The van der Waals surface area contributed by atoms with Crippen molar-refractivity contribution in [1.29, 1.82) is 0 Å². The van der Waals surface area contributed by atoms with Crippen molar-refractivity contribution < 1.29 is 8.42 Å². The van der Waals surface area contributed by atoms with E-state index in [-0.39, 0.29) is 11.4 Å². The van der Waals surface area contributed by atoms with Crippen LogP contribution in [0, 0.1) is 13.8 Å². The highest BCUT2D eigenvalue weighted by atomic mass is 32.2. The van der Waals surface area contributed by atoms with Gasteiger partial charge in [0.15, 0.2) is 5.82 Å². The molecule has 7 heteroatoms. The Hall–Kier alpha value is -2.51. The Balaban J connectivity index is 1.63. The number of nitrogens with zero attached hydrogens (tertiary/aromatic N) is 2. The first-order valence-electron chi connectivity index (χ1n) is 7.99. The van der Waals surface area contributed by atoms with E-state index in [1.165, 1.54) is 0 Å². The van der Waals surface area contributed by atoms with E-state index in [0.29, 0.717) is 18.1 Å². The first-order valence-corrected chi connectivity index (χ1v) is 9.47. The van der Waals surface area contributed by atoms with E-state index >= 15 is 0 Å². The van der Waals surface area contributed by atoms with Crippen molar-refractivity contribution in [3.63, 3.8) is 0 Å². The molecule has 0 amide bonds. The predicted molar refractivity (Wildman–Crippen MR) is 96.6 cm³/mol. The normalized spacial score (nSPS) is 11.6. The molecule has 0 bridgehead atoms. The van der Waals surface area contributed by atoms with Crippen LogP contribution in [0.3, 0.4) is 0 Å². The lowest BCUT2D eigenvalue weighted by Crippen LogP contribution is -2.26. The number of nitrogens with one attached hydrogen (secondary N) is 2. The number of rotatable bonds is 6. The van der Waals surface area contributed by atoms with Crippen molar-refractivity contribution in [2.24, 2.45) is 0 Å². The first kappa shape index (κ1) is 17.3. The van der Waals surface area contributed by atoms with Gasteiger partial charge in [0.2, 0.25) is 10.0 Å². The number of aromatic nitrogens is 3. The second-order valence-corrected chi connectivity index (χ2v) is 7.63. The van der Waals surface area contributed by atoms with Crippen LogP contribution in [-0.2, 0) is 16.4 Å².